The maximum Gasteiger partial charge on any atom is 0.342 e. The van der Waals surface area contributed by atoms with Crippen molar-refractivity contribution in [1.29, 1.82) is 0 Å². The van der Waals surface area contributed by atoms with Crippen LogP contribution in [0.4, 0.5) is 0 Å². The van der Waals surface area contributed by atoms with E-state index in [0.717, 1.165) is 11.3 Å². The molecule has 0 aromatic carbocycles. The number of rotatable bonds is 3. The van der Waals surface area contributed by atoms with Gasteiger partial charge in [-0.2, -0.15) is 0 Å². The monoisotopic (exact) mass is 267 g/mol. The van der Waals surface area contributed by atoms with Crippen molar-refractivity contribution in [2.45, 2.75) is 31.6 Å². The first-order valence-electron chi connectivity index (χ1n) is 6.09. The fourth-order valence-electron chi connectivity index (χ4n) is 2.33. The molecular weight excluding hydrogens is 250 g/mol. The van der Waals surface area contributed by atoms with Gasteiger partial charge in [0.1, 0.15) is 0 Å². The summed E-state index contributed by atoms with van der Waals surface area (Å²) < 4.78 is 5.11. The average molecular weight is 267 g/mol. The molecule has 2 rings (SSSR count). The van der Waals surface area contributed by atoms with Crippen molar-refractivity contribution < 1.29 is 14.3 Å². The maximum absolute atomic E-state index is 12.1. The lowest BCUT2D eigenvalue weighted by molar-refractivity contribution is -0.149. The molecule has 0 spiro atoms. The zero-order valence-electron chi connectivity index (χ0n) is 10.6. The van der Waals surface area contributed by atoms with Crippen LogP contribution >= 0.6 is 11.8 Å². The van der Waals surface area contributed by atoms with Gasteiger partial charge in [-0.3, -0.25) is 4.79 Å². The van der Waals surface area contributed by atoms with Crippen molar-refractivity contribution in [2.75, 3.05) is 6.61 Å². The number of esters is 1. The number of hydrogen-bond donors (Lipinski definition) is 1. The predicted molar refractivity (Wildman–Crippen MR) is 70.7 cm³/mol. The molecule has 1 aliphatic carbocycles. The van der Waals surface area contributed by atoms with E-state index in [-0.39, 0.29) is 11.9 Å². The number of amides is 1. The number of hydrogen-bond acceptors (Lipinski definition) is 4. The Labute approximate surface area is 111 Å². The Bertz CT molecular complexity index is 430. The summed E-state index contributed by atoms with van der Waals surface area (Å²) in [5.74, 6) is -0.237. The third-order valence-corrected chi connectivity index (χ3v) is 4.52. The molecule has 4 nitrogen and oxygen atoms in total. The van der Waals surface area contributed by atoms with Crippen molar-refractivity contribution >= 4 is 23.6 Å². The lowest BCUT2D eigenvalue weighted by Gasteiger charge is -2.26. The lowest BCUT2D eigenvalue weighted by Crippen LogP contribution is -2.50. The smallest absolute Gasteiger partial charge is 0.342 e. The Kier molecular flexibility index (Phi) is 3.80. The van der Waals surface area contributed by atoms with E-state index in [9.17, 15) is 9.59 Å². The van der Waals surface area contributed by atoms with E-state index in [1.165, 1.54) is 18.7 Å². The summed E-state index contributed by atoms with van der Waals surface area (Å²) in [4.78, 5) is 23.7. The first kappa shape index (κ1) is 13.2. The van der Waals surface area contributed by atoms with Crippen molar-refractivity contribution in [1.82, 2.24) is 5.32 Å². The van der Waals surface area contributed by atoms with E-state index in [1.54, 1.807) is 6.92 Å². The summed E-state index contributed by atoms with van der Waals surface area (Å²) >= 11 is 1.42. The summed E-state index contributed by atoms with van der Waals surface area (Å²) in [5.41, 5.74) is 0. The average Bonchev–Trinajstić information content (AvgIpc) is 2.67. The van der Waals surface area contributed by atoms with Crippen LogP contribution in [-0.2, 0) is 14.3 Å². The third kappa shape index (κ3) is 2.46. The fraction of sp³-hybridized carbons (Fsp3) is 0.538. The molecule has 1 fully saturated rings. The Morgan fingerprint density at radius 1 is 1.61 bits per heavy atom. The van der Waals surface area contributed by atoms with Gasteiger partial charge in [-0.05, 0) is 30.6 Å². The van der Waals surface area contributed by atoms with Gasteiger partial charge in [-0.25, -0.2) is 4.79 Å². The molecular formula is C13H17NO3S. The van der Waals surface area contributed by atoms with Crippen LogP contribution in [0.2, 0.25) is 0 Å². The second-order valence-corrected chi connectivity index (χ2v) is 5.84. The van der Waals surface area contributed by atoms with Gasteiger partial charge in [-0.15, -0.1) is 0 Å². The lowest BCUT2D eigenvalue weighted by atomic mass is 9.93. The van der Waals surface area contributed by atoms with Crippen LogP contribution in [0.15, 0.2) is 23.1 Å². The molecule has 2 aliphatic rings. The van der Waals surface area contributed by atoms with Crippen molar-refractivity contribution in [3.8, 4) is 0 Å². The highest BCUT2D eigenvalue weighted by molar-refractivity contribution is 8.05. The molecule has 1 heterocycles. The van der Waals surface area contributed by atoms with Crippen molar-refractivity contribution in [2.24, 2.45) is 5.92 Å². The molecule has 0 bridgehead atoms. The topological polar surface area (TPSA) is 55.4 Å². The standard InChI is InChI=1S/C13H17NO3S/c1-3-17-12(16)13(14-9(2)15)8-10-6-4-5-7-11(10)18-13/h4-5,7,10H,3,6,8H2,1-2H3,(H,14,15). The van der Waals surface area contributed by atoms with Crippen LogP contribution in [-0.4, -0.2) is 23.4 Å². The van der Waals surface area contributed by atoms with Gasteiger partial charge in [0.05, 0.1) is 6.61 Å². The maximum atomic E-state index is 12.1. The van der Waals surface area contributed by atoms with Crippen LogP contribution < -0.4 is 5.32 Å². The highest BCUT2D eigenvalue weighted by Crippen LogP contribution is 2.51. The molecule has 0 saturated carbocycles. The Balaban J connectivity index is 2.23. The molecule has 0 aromatic heterocycles. The predicted octanol–water partition coefficient (Wildman–Crippen LogP) is 1.98. The Morgan fingerprint density at radius 2 is 2.39 bits per heavy atom. The molecule has 1 saturated heterocycles. The molecule has 98 valence electrons. The van der Waals surface area contributed by atoms with E-state index in [1.807, 2.05) is 12.2 Å². The molecule has 0 aromatic rings. The molecule has 1 aliphatic heterocycles. The highest BCUT2D eigenvalue weighted by atomic mass is 32.2. The first-order chi connectivity index (χ1) is 8.57. The van der Waals surface area contributed by atoms with Crippen LogP contribution in [0, 0.1) is 5.92 Å². The number of thioether (sulfide) groups is 1. The largest absolute Gasteiger partial charge is 0.464 e. The molecule has 2 atom stereocenters. The second-order valence-electron chi connectivity index (χ2n) is 4.46. The summed E-state index contributed by atoms with van der Waals surface area (Å²) in [6, 6.07) is 0. The number of carbonyl (C=O) groups excluding carboxylic acids is 2. The minimum Gasteiger partial charge on any atom is -0.464 e. The van der Waals surface area contributed by atoms with Crippen molar-refractivity contribution in [3.05, 3.63) is 23.1 Å². The number of carbonyl (C=O) groups is 2. The molecule has 1 N–H and O–H groups in total. The SMILES string of the molecule is CCOC(=O)C1(NC(C)=O)CC2CC=CC=C2S1. The number of nitrogens with one attached hydrogen (secondary N) is 1. The summed E-state index contributed by atoms with van der Waals surface area (Å²) in [6.45, 7) is 3.52. The van der Waals surface area contributed by atoms with E-state index in [4.69, 9.17) is 4.74 Å². The highest BCUT2D eigenvalue weighted by Gasteiger charge is 2.50. The zero-order chi connectivity index (χ0) is 13.2. The van der Waals surface area contributed by atoms with E-state index >= 15 is 0 Å². The van der Waals surface area contributed by atoms with Gasteiger partial charge >= 0.3 is 5.97 Å². The summed E-state index contributed by atoms with van der Waals surface area (Å²) in [5, 5.41) is 2.78. The van der Waals surface area contributed by atoms with E-state index in [0.29, 0.717) is 18.9 Å². The zero-order valence-corrected chi connectivity index (χ0v) is 11.4. The van der Waals surface area contributed by atoms with Gasteiger partial charge in [0.15, 0.2) is 4.87 Å². The first-order valence-corrected chi connectivity index (χ1v) is 6.91. The van der Waals surface area contributed by atoms with Gasteiger partial charge in [-0.1, -0.05) is 30.0 Å². The fourth-order valence-corrected chi connectivity index (χ4v) is 3.85. The number of fused-ring (bicyclic) bond motifs is 1. The summed E-state index contributed by atoms with van der Waals surface area (Å²) in [6.07, 6.45) is 7.62. The summed E-state index contributed by atoms with van der Waals surface area (Å²) in [7, 11) is 0. The van der Waals surface area contributed by atoms with Crippen molar-refractivity contribution in [3.63, 3.8) is 0 Å². The van der Waals surface area contributed by atoms with Gasteiger partial charge in [0, 0.05) is 6.92 Å². The normalized spacial score (nSPS) is 29.4. The third-order valence-electron chi connectivity index (χ3n) is 3.03. The molecule has 18 heavy (non-hydrogen) atoms. The van der Waals surface area contributed by atoms with Crippen LogP contribution in [0.25, 0.3) is 0 Å². The van der Waals surface area contributed by atoms with Gasteiger partial charge in [0.2, 0.25) is 5.91 Å². The Hall–Kier alpha value is -1.23. The van der Waals surface area contributed by atoms with Crippen LogP contribution in [0.3, 0.4) is 0 Å². The van der Waals surface area contributed by atoms with Crippen LogP contribution in [0.5, 0.6) is 0 Å². The van der Waals surface area contributed by atoms with E-state index in [2.05, 4.69) is 11.4 Å². The van der Waals surface area contributed by atoms with Crippen LogP contribution in [0.1, 0.15) is 26.7 Å². The molecule has 5 heteroatoms. The second kappa shape index (κ2) is 5.18. The quantitative estimate of drug-likeness (QED) is 0.794. The molecule has 0 radical (unpaired) electrons. The molecule has 2 unspecified atom stereocenters. The minimum atomic E-state index is -0.940. The minimum absolute atomic E-state index is 0.206. The van der Waals surface area contributed by atoms with Gasteiger partial charge in [0.25, 0.3) is 0 Å². The number of ether oxygens (including phenoxy) is 1. The van der Waals surface area contributed by atoms with E-state index < -0.39 is 4.87 Å². The molecule has 1 amide bonds. The van der Waals surface area contributed by atoms with Gasteiger partial charge < -0.3 is 10.1 Å². The number of allylic oxidation sites excluding steroid dienone is 4. The Morgan fingerprint density at radius 3 is 3.00 bits per heavy atom.